The zero-order chi connectivity index (χ0) is 19.8. The lowest BCUT2D eigenvalue weighted by atomic mass is 10.1. The molecule has 2 atom stereocenters. The molecule has 2 aromatic carbocycles. The highest BCUT2D eigenvalue weighted by Crippen LogP contribution is 2.19. The molecule has 1 aliphatic heterocycles. The fourth-order valence-electron chi connectivity index (χ4n) is 3.28. The van der Waals surface area contributed by atoms with Crippen LogP contribution in [0.25, 0.3) is 0 Å². The summed E-state index contributed by atoms with van der Waals surface area (Å²) in [5.74, 6) is -0.583. The van der Waals surface area contributed by atoms with Crippen LogP contribution >= 0.6 is 0 Å². The number of benzene rings is 2. The van der Waals surface area contributed by atoms with E-state index in [4.69, 9.17) is 9.47 Å². The topological polar surface area (TPSA) is 76.1 Å². The Morgan fingerprint density at radius 2 is 1.68 bits per heavy atom. The number of aliphatic hydroxyl groups excluding tert-OH is 1. The average Bonchev–Trinajstić information content (AvgIpc) is 3.22. The maximum absolute atomic E-state index is 12.7. The Hall–Kier alpha value is -2.86. The average molecular weight is 383 g/mol. The largest absolute Gasteiger partial charge is 0.458 e. The number of aliphatic hydroxyl groups is 1. The van der Waals surface area contributed by atoms with Crippen LogP contribution in [0.2, 0.25) is 0 Å². The molecule has 1 amide bonds. The van der Waals surface area contributed by atoms with Crippen molar-refractivity contribution < 1.29 is 24.2 Å². The number of carbonyl (C=O) groups excluding carboxylic acids is 2. The number of ether oxygens (including phenoxy) is 2. The van der Waals surface area contributed by atoms with Crippen LogP contribution in [0.1, 0.15) is 24.0 Å². The molecule has 1 fully saturated rings. The third kappa shape index (κ3) is 5.33. The molecule has 6 nitrogen and oxygen atoms in total. The molecule has 1 saturated heterocycles. The van der Waals surface area contributed by atoms with Gasteiger partial charge in [0.25, 0.3) is 0 Å². The normalized spacial score (nSPS) is 17.2. The summed E-state index contributed by atoms with van der Waals surface area (Å²) in [5.41, 5.74) is 1.73. The molecule has 1 N–H and O–H groups in total. The summed E-state index contributed by atoms with van der Waals surface area (Å²) in [4.78, 5) is 26.7. The Balaban J connectivity index is 1.67. The summed E-state index contributed by atoms with van der Waals surface area (Å²) in [7, 11) is 0. The van der Waals surface area contributed by atoms with Crippen LogP contribution in [0.5, 0.6) is 0 Å². The Morgan fingerprint density at radius 1 is 1.04 bits per heavy atom. The molecule has 1 aliphatic rings. The third-order valence-corrected chi connectivity index (χ3v) is 4.82. The summed E-state index contributed by atoms with van der Waals surface area (Å²) in [6.45, 7) is 0.517. The zero-order valence-electron chi connectivity index (χ0n) is 15.7. The van der Waals surface area contributed by atoms with E-state index in [-0.39, 0.29) is 25.7 Å². The van der Waals surface area contributed by atoms with Crippen LogP contribution in [0.3, 0.4) is 0 Å². The van der Waals surface area contributed by atoms with Gasteiger partial charge in [-0.2, -0.15) is 0 Å². The number of esters is 1. The van der Waals surface area contributed by atoms with Crippen LogP contribution in [0.4, 0.5) is 4.79 Å². The van der Waals surface area contributed by atoms with E-state index in [2.05, 4.69) is 0 Å². The van der Waals surface area contributed by atoms with Gasteiger partial charge < -0.3 is 19.5 Å². The second-order valence-electron chi connectivity index (χ2n) is 6.83. The first-order valence-electron chi connectivity index (χ1n) is 9.50. The van der Waals surface area contributed by atoms with Crippen molar-refractivity contribution in [3.05, 3.63) is 71.8 Å². The molecule has 0 aromatic heterocycles. The van der Waals surface area contributed by atoms with Crippen molar-refractivity contribution in [3.8, 4) is 0 Å². The third-order valence-electron chi connectivity index (χ3n) is 4.82. The SMILES string of the molecule is O=C(OCc1ccccc1)[C@H](Cc1ccccc1)OC(=O)N1CCC[C@@H]1CO. The van der Waals surface area contributed by atoms with Crippen molar-refractivity contribution >= 4 is 12.1 Å². The maximum Gasteiger partial charge on any atom is 0.410 e. The molecule has 2 aromatic rings. The summed E-state index contributed by atoms with van der Waals surface area (Å²) in [5, 5.41) is 9.43. The highest BCUT2D eigenvalue weighted by molar-refractivity contribution is 5.79. The van der Waals surface area contributed by atoms with Gasteiger partial charge in [-0.05, 0) is 24.0 Å². The van der Waals surface area contributed by atoms with E-state index >= 15 is 0 Å². The van der Waals surface area contributed by atoms with Gasteiger partial charge in [0.2, 0.25) is 6.10 Å². The summed E-state index contributed by atoms with van der Waals surface area (Å²) in [6.07, 6.45) is 0.139. The fourth-order valence-corrected chi connectivity index (χ4v) is 3.28. The van der Waals surface area contributed by atoms with Crippen LogP contribution < -0.4 is 0 Å². The minimum Gasteiger partial charge on any atom is -0.458 e. The second-order valence-corrected chi connectivity index (χ2v) is 6.83. The fraction of sp³-hybridized carbons (Fsp3) is 0.364. The number of carbonyl (C=O) groups is 2. The van der Waals surface area contributed by atoms with E-state index in [0.29, 0.717) is 6.54 Å². The lowest BCUT2D eigenvalue weighted by Crippen LogP contribution is -2.42. The summed E-state index contributed by atoms with van der Waals surface area (Å²) < 4.78 is 10.9. The first-order chi connectivity index (χ1) is 13.7. The van der Waals surface area contributed by atoms with Crippen molar-refractivity contribution in [2.75, 3.05) is 13.2 Å². The number of hydrogen-bond donors (Lipinski definition) is 1. The quantitative estimate of drug-likeness (QED) is 0.744. The van der Waals surface area contributed by atoms with Gasteiger partial charge in [0.05, 0.1) is 12.6 Å². The van der Waals surface area contributed by atoms with Gasteiger partial charge in [-0.25, -0.2) is 9.59 Å². The highest BCUT2D eigenvalue weighted by atomic mass is 16.6. The van der Waals surface area contributed by atoms with Gasteiger partial charge in [-0.1, -0.05) is 60.7 Å². The predicted molar refractivity (Wildman–Crippen MR) is 103 cm³/mol. The van der Waals surface area contributed by atoms with Gasteiger partial charge in [0.1, 0.15) is 6.61 Å². The van der Waals surface area contributed by atoms with E-state index in [1.165, 1.54) is 4.90 Å². The molecule has 3 rings (SSSR count). The standard InChI is InChI=1S/C22H25NO5/c24-15-19-12-7-13-23(19)22(26)28-20(14-17-8-3-1-4-9-17)21(25)27-16-18-10-5-2-6-11-18/h1-6,8-11,19-20,24H,7,12-16H2/t19-,20+/m1/s1. The van der Waals surface area contributed by atoms with E-state index in [1.807, 2.05) is 60.7 Å². The predicted octanol–water partition coefficient (Wildman–Crippen LogP) is 2.93. The van der Waals surface area contributed by atoms with Crippen LogP contribution in [-0.4, -0.2) is 47.4 Å². The lowest BCUT2D eigenvalue weighted by Gasteiger charge is -2.25. The van der Waals surface area contributed by atoms with Gasteiger partial charge in [0, 0.05) is 13.0 Å². The minimum absolute atomic E-state index is 0.114. The van der Waals surface area contributed by atoms with Crippen molar-refractivity contribution in [2.45, 2.75) is 38.0 Å². The van der Waals surface area contributed by atoms with Crippen LogP contribution in [0, 0.1) is 0 Å². The lowest BCUT2D eigenvalue weighted by molar-refractivity contribution is -0.155. The first kappa shape index (κ1) is 19.9. The monoisotopic (exact) mass is 383 g/mol. The maximum atomic E-state index is 12.7. The molecular weight excluding hydrogens is 358 g/mol. The molecule has 0 unspecified atom stereocenters. The summed E-state index contributed by atoms with van der Waals surface area (Å²) >= 11 is 0. The molecule has 0 aliphatic carbocycles. The molecular formula is C22H25NO5. The zero-order valence-corrected chi connectivity index (χ0v) is 15.7. The minimum atomic E-state index is -1.04. The van der Waals surface area contributed by atoms with E-state index < -0.39 is 18.2 Å². The number of rotatable bonds is 7. The number of hydrogen-bond acceptors (Lipinski definition) is 5. The Kier molecular flexibility index (Phi) is 7.03. The molecule has 0 bridgehead atoms. The van der Waals surface area contributed by atoms with Gasteiger partial charge in [0.15, 0.2) is 0 Å². The molecule has 1 heterocycles. The van der Waals surface area contributed by atoms with Gasteiger partial charge in [-0.3, -0.25) is 0 Å². The molecule has 6 heteroatoms. The van der Waals surface area contributed by atoms with Crippen LogP contribution in [-0.2, 0) is 27.3 Å². The van der Waals surface area contributed by atoms with Gasteiger partial charge in [-0.15, -0.1) is 0 Å². The molecule has 0 radical (unpaired) electrons. The van der Waals surface area contributed by atoms with Crippen molar-refractivity contribution in [2.24, 2.45) is 0 Å². The van der Waals surface area contributed by atoms with Crippen molar-refractivity contribution in [1.82, 2.24) is 4.90 Å². The second kappa shape index (κ2) is 9.90. The summed E-state index contributed by atoms with van der Waals surface area (Å²) in [6, 6.07) is 18.5. The van der Waals surface area contributed by atoms with Crippen molar-refractivity contribution in [1.29, 1.82) is 0 Å². The molecule has 0 spiro atoms. The first-order valence-corrected chi connectivity index (χ1v) is 9.50. The molecule has 0 saturated carbocycles. The molecule has 28 heavy (non-hydrogen) atoms. The van der Waals surface area contributed by atoms with E-state index in [0.717, 1.165) is 24.0 Å². The van der Waals surface area contributed by atoms with E-state index in [1.54, 1.807) is 0 Å². The number of amides is 1. The molecule has 148 valence electrons. The van der Waals surface area contributed by atoms with Crippen molar-refractivity contribution in [3.63, 3.8) is 0 Å². The highest BCUT2D eigenvalue weighted by Gasteiger charge is 2.33. The number of likely N-dealkylation sites (tertiary alicyclic amines) is 1. The smallest absolute Gasteiger partial charge is 0.410 e. The Labute approximate surface area is 164 Å². The Morgan fingerprint density at radius 3 is 2.32 bits per heavy atom. The van der Waals surface area contributed by atoms with Gasteiger partial charge >= 0.3 is 12.1 Å². The van der Waals surface area contributed by atoms with E-state index in [9.17, 15) is 14.7 Å². The van der Waals surface area contributed by atoms with Crippen LogP contribution in [0.15, 0.2) is 60.7 Å². The number of nitrogens with zero attached hydrogens (tertiary/aromatic N) is 1. The Bertz CT molecular complexity index is 765.